The van der Waals surface area contributed by atoms with Crippen LogP contribution in [0.3, 0.4) is 0 Å². The molecule has 7 nitrogen and oxygen atoms in total. The molecule has 0 unspecified atom stereocenters. The van der Waals surface area contributed by atoms with Crippen LogP contribution in [0.5, 0.6) is 5.88 Å². The zero-order valence-electron chi connectivity index (χ0n) is 22.1. The van der Waals surface area contributed by atoms with Crippen molar-refractivity contribution in [1.82, 2.24) is 19.8 Å². The number of fused-ring (bicyclic) bond motifs is 1. The van der Waals surface area contributed by atoms with Gasteiger partial charge in [-0.2, -0.15) is 0 Å². The molecule has 1 aromatic carbocycles. The maximum absolute atomic E-state index is 14.6. The first kappa shape index (κ1) is 25.7. The lowest BCUT2D eigenvalue weighted by molar-refractivity contribution is 0.0643. The third-order valence-electron chi connectivity index (χ3n) is 7.98. The minimum Gasteiger partial charge on any atom is -0.481 e. The van der Waals surface area contributed by atoms with Gasteiger partial charge in [0.05, 0.1) is 24.8 Å². The van der Waals surface area contributed by atoms with Gasteiger partial charge < -0.3 is 24.3 Å². The van der Waals surface area contributed by atoms with E-state index in [1.807, 2.05) is 24.0 Å². The largest absolute Gasteiger partial charge is 0.481 e. The van der Waals surface area contributed by atoms with E-state index in [1.165, 1.54) is 12.5 Å². The zero-order chi connectivity index (χ0) is 25.9. The Bertz CT molecular complexity index is 1270. The predicted molar refractivity (Wildman–Crippen MR) is 142 cm³/mol. The average Bonchev–Trinajstić information content (AvgIpc) is 3.24. The van der Waals surface area contributed by atoms with Crippen LogP contribution in [-0.2, 0) is 11.2 Å². The molecule has 1 atom stereocenters. The number of aromatic nitrogens is 2. The molecule has 2 fully saturated rings. The van der Waals surface area contributed by atoms with Gasteiger partial charge in [0.2, 0.25) is 5.88 Å². The highest BCUT2D eigenvalue weighted by atomic mass is 19.1. The Morgan fingerprint density at radius 3 is 2.78 bits per heavy atom. The molecule has 198 valence electrons. The standard InChI is InChI=1S/C29H37FN4O3/c1-19-20(8-7-11-24(19)30)14-26-28(29(35)33-13-12-31-21(17-33)18-36-2)23-16-32-27(37-3)15-25(23)34(26)22-9-5-4-6-10-22/h7-8,11,15-16,21-22,31H,4-6,9-10,12-14,17-18H2,1-3H3/t21-/m1/s1. The second-order valence-electron chi connectivity index (χ2n) is 10.3. The Balaban J connectivity index is 1.69. The molecule has 0 bridgehead atoms. The number of amides is 1. The molecule has 1 amide bonds. The van der Waals surface area contributed by atoms with E-state index in [1.54, 1.807) is 26.5 Å². The molecule has 1 aliphatic carbocycles. The zero-order valence-corrected chi connectivity index (χ0v) is 22.1. The van der Waals surface area contributed by atoms with Gasteiger partial charge in [-0.3, -0.25) is 4.79 Å². The number of ether oxygens (including phenoxy) is 2. The van der Waals surface area contributed by atoms with E-state index in [4.69, 9.17) is 9.47 Å². The maximum Gasteiger partial charge on any atom is 0.256 e. The number of methoxy groups -OCH3 is 2. The van der Waals surface area contributed by atoms with Crippen LogP contribution in [0.2, 0.25) is 0 Å². The summed E-state index contributed by atoms with van der Waals surface area (Å²) < 4.78 is 27.8. The fourth-order valence-electron chi connectivity index (χ4n) is 6.02. The quantitative estimate of drug-likeness (QED) is 0.503. The van der Waals surface area contributed by atoms with Crippen molar-refractivity contribution in [2.45, 2.75) is 57.5 Å². The van der Waals surface area contributed by atoms with Crippen molar-refractivity contribution in [3.8, 4) is 5.88 Å². The molecule has 2 aromatic heterocycles. The molecule has 0 radical (unpaired) electrons. The number of pyridine rings is 1. The fraction of sp³-hybridized carbons (Fsp3) is 0.517. The number of carbonyl (C=O) groups excluding carboxylic acids is 1. The van der Waals surface area contributed by atoms with Gasteiger partial charge >= 0.3 is 0 Å². The Kier molecular flexibility index (Phi) is 7.76. The van der Waals surface area contributed by atoms with Crippen LogP contribution in [0.15, 0.2) is 30.5 Å². The summed E-state index contributed by atoms with van der Waals surface area (Å²) in [5.74, 6) is 0.300. The highest BCUT2D eigenvalue weighted by Crippen LogP contribution is 2.39. The summed E-state index contributed by atoms with van der Waals surface area (Å²) in [7, 11) is 3.29. The van der Waals surface area contributed by atoms with E-state index in [0.717, 1.165) is 47.8 Å². The molecule has 1 saturated heterocycles. The first-order chi connectivity index (χ1) is 18.0. The van der Waals surface area contributed by atoms with E-state index in [-0.39, 0.29) is 23.8 Å². The Labute approximate surface area is 218 Å². The molecule has 37 heavy (non-hydrogen) atoms. The van der Waals surface area contributed by atoms with Crippen LogP contribution in [0.1, 0.15) is 65.3 Å². The fourth-order valence-corrected chi connectivity index (χ4v) is 6.02. The lowest BCUT2D eigenvalue weighted by Crippen LogP contribution is -2.54. The molecule has 3 aromatic rings. The number of piperazine rings is 1. The summed E-state index contributed by atoms with van der Waals surface area (Å²) >= 11 is 0. The monoisotopic (exact) mass is 508 g/mol. The van der Waals surface area contributed by atoms with Crippen molar-refractivity contribution < 1.29 is 18.7 Å². The number of benzene rings is 1. The smallest absolute Gasteiger partial charge is 0.256 e. The number of nitrogens with one attached hydrogen (secondary N) is 1. The molecule has 0 spiro atoms. The van der Waals surface area contributed by atoms with E-state index in [2.05, 4.69) is 14.9 Å². The summed E-state index contributed by atoms with van der Waals surface area (Å²) in [4.78, 5) is 20.7. The second kappa shape index (κ2) is 11.2. The molecular formula is C29H37FN4O3. The van der Waals surface area contributed by atoms with Crippen molar-refractivity contribution in [2.75, 3.05) is 40.5 Å². The molecule has 5 rings (SSSR count). The summed E-state index contributed by atoms with van der Waals surface area (Å²) in [6.45, 7) is 4.27. The highest BCUT2D eigenvalue weighted by molar-refractivity contribution is 6.08. The molecular weight excluding hydrogens is 471 g/mol. The number of carbonyl (C=O) groups is 1. The third kappa shape index (κ3) is 5.09. The van der Waals surface area contributed by atoms with Crippen LogP contribution < -0.4 is 10.1 Å². The number of halogens is 1. The van der Waals surface area contributed by atoms with Crippen molar-refractivity contribution >= 4 is 16.8 Å². The number of rotatable bonds is 7. The van der Waals surface area contributed by atoms with Crippen LogP contribution in [-0.4, -0.2) is 66.9 Å². The summed E-state index contributed by atoms with van der Waals surface area (Å²) in [6.07, 6.45) is 7.91. The van der Waals surface area contributed by atoms with Gasteiger partial charge in [-0.15, -0.1) is 0 Å². The van der Waals surface area contributed by atoms with Gasteiger partial charge in [-0.25, -0.2) is 9.37 Å². The van der Waals surface area contributed by atoms with Crippen molar-refractivity contribution in [3.63, 3.8) is 0 Å². The lowest BCUT2D eigenvalue weighted by Gasteiger charge is -2.34. The summed E-state index contributed by atoms with van der Waals surface area (Å²) in [5.41, 5.74) is 4.11. The van der Waals surface area contributed by atoms with Gasteiger partial charge in [0, 0.05) is 68.6 Å². The molecule has 2 aliphatic rings. The second-order valence-corrected chi connectivity index (χ2v) is 10.3. The summed E-state index contributed by atoms with van der Waals surface area (Å²) in [6, 6.07) is 7.53. The van der Waals surface area contributed by atoms with Crippen LogP contribution >= 0.6 is 0 Å². The molecule has 3 heterocycles. The minimum atomic E-state index is -0.224. The third-order valence-corrected chi connectivity index (χ3v) is 7.98. The first-order valence-electron chi connectivity index (χ1n) is 13.3. The van der Waals surface area contributed by atoms with Crippen LogP contribution in [0.25, 0.3) is 10.9 Å². The lowest BCUT2D eigenvalue weighted by atomic mass is 9.94. The minimum absolute atomic E-state index is 0.00168. The molecule has 1 aliphatic heterocycles. The summed E-state index contributed by atoms with van der Waals surface area (Å²) in [5, 5.41) is 4.27. The van der Waals surface area contributed by atoms with Crippen LogP contribution in [0.4, 0.5) is 4.39 Å². The maximum atomic E-state index is 14.6. The van der Waals surface area contributed by atoms with Crippen molar-refractivity contribution in [3.05, 3.63) is 58.7 Å². The molecule has 1 N–H and O–H groups in total. The van der Waals surface area contributed by atoms with Gasteiger partial charge in [-0.1, -0.05) is 31.4 Å². The van der Waals surface area contributed by atoms with Gasteiger partial charge in [0.25, 0.3) is 5.91 Å². The topological polar surface area (TPSA) is 68.6 Å². The molecule has 1 saturated carbocycles. The Hall–Kier alpha value is -2.97. The Morgan fingerprint density at radius 1 is 1.22 bits per heavy atom. The van der Waals surface area contributed by atoms with Crippen molar-refractivity contribution in [2.24, 2.45) is 0 Å². The van der Waals surface area contributed by atoms with Gasteiger partial charge in [0.1, 0.15) is 5.82 Å². The average molecular weight is 509 g/mol. The Morgan fingerprint density at radius 2 is 2.03 bits per heavy atom. The molecule has 8 heteroatoms. The van der Waals surface area contributed by atoms with Gasteiger partial charge in [0.15, 0.2) is 0 Å². The SMILES string of the molecule is COC[C@H]1CN(C(=O)c2c(Cc3cccc(F)c3C)n(C3CCCCC3)c3cc(OC)ncc23)CCN1. The van der Waals surface area contributed by atoms with E-state index >= 15 is 0 Å². The van der Waals surface area contributed by atoms with Crippen molar-refractivity contribution in [1.29, 1.82) is 0 Å². The van der Waals surface area contributed by atoms with Gasteiger partial charge in [-0.05, 0) is 37.0 Å². The van der Waals surface area contributed by atoms with E-state index in [0.29, 0.717) is 49.7 Å². The first-order valence-corrected chi connectivity index (χ1v) is 13.3. The number of nitrogens with zero attached hydrogens (tertiary/aromatic N) is 3. The predicted octanol–water partition coefficient (Wildman–Crippen LogP) is 4.65. The van der Waals surface area contributed by atoms with E-state index in [9.17, 15) is 9.18 Å². The normalized spacial score (nSPS) is 18.9. The van der Waals surface area contributed by atoms with E-state index < -0.39 is 0 Å². The van der Waals surface area contributed by atoms with Crippen LogP contribution in [0, 0.1) is 12.7 Å². The number of hydrogen-bond donors (Lipinski definition) is 1. The number of hydrogen-bond acceptors (Lipinski definition) is 5. The highest BCUT2D eigenvalue weighted by Gasteiger charge is 2.32.